The number of Topliss-reactive ketones (excluding diaryl/α,β-unsaturated/α-hetero) is 1. The zero-order valence-corrected chi connectivity index (χ0v) is 11.6. The van der Waals surface area contributed by atoms with Gasteiger partial charge in [-0.3, -0.25) is 9.52 Å². The van der Waals surface area contributed by atoms with Gasteiger partial charge in [-0.05, 0) is 43.3 Å². The molecule has 0 radical (unpaired) electrons. The average Bonchev–Trinajstić information content (AvgIpc) is 2.39. The van der Waals surface area contributed by atoms with Crippen molar-refractivity contribution in [3.05, 3.63) is 54.1 Å². The van der Waals surface area contributed by atoms with Gasteiger partial charge in [0.05, 0.1) is 4.90 Å². The highest BCUT2D eigenvalue weighted by Crippen LogP contribution is 2.18. The van der Waals surface area contributed by atoms with Gasteiger partial charge in [-0.1, -0.05) is 12.1 Å². The zero-order chi connectivity index (χ0) is 14.8. The van der Waals surface area contributed by atoms with Crippen molar-refractivity contribution in [2.24, 2.45) is 0 Å². The van der Waals surface area contributed by atoms with Crippen LogP contribution in [0.1, 0.15) is 17.3 Å². The van der Waals surface area contributed by atoms with Gasteiger partial charge < -0.3 is 5.73 Å². The summed E-state index contributed by atoms with van der Waals surface area (Å²) >= 11 is 0. The molecular formula is C14H14N2O3S. The molecule has 6 heteroatoms. The third-order valence-electron chi connectivity index (χ3n) is 2.71. The number of nitrogen functional groups attached to an aromatic ring is 1. The number of anilines is 2. The van der Waals surface area contributed by atoms with E-state index in [-0.39, 0.29) is 10.7 Å². The Morgan fingerprint density at radius 2 is 1.75 bits per heavy atom. The van der Waals surface area contributed by atoms with Crippen molar-refractivity contribution < 1.29 is 13.2 Å². The van der Waals surface area contributed by atoms with Crippen LogP contribution >= 0.6 is 0 Å². The molecule has 0 heterocycles. The van der Waals surface area contributed by atoms with Crippen LogP contribution in [0.25, 0.3) is 0 Å². The molecular weight excluding hydrogens is 276 g/mol. The SMILES string of the molecule is CC(=O)c1cccc(NS(=O)(=O)c2ccc(N)cc2)c1. The Bertz CT molecular complexity index is 737. The number of carbonyl (C=O) groups is 1. The van der Waals surface area contributed by atoms with E-state index in [0.717, 1.165) is 0 Å². The summed E-state index contributed by atoms with van der Waals surface area (Å²) in [6.07, 6.45) is 0. The van der Waals surface area contributed by atoms with E-state index in [2.05, 4.69) is 4.72 Å². The summed E-state index contributed by atoms with van der Waals surface area (Å²) in [5, 5.41) is 0. The Morgan fingerprint density at radius 1 is 1.10 bits per heavy atom. The van der Waals surface area contributed by atoms with Crippen LogP contribution in [0.3, 0.4) is 0 Å². The van der Waals surface area contributed by atoms with E-state index in [0.29, 0.717) is 16.9 Å². The Kier molecular flexibility index (Phi) is 3.76. The molecule has 0 aliphatic heterocycles. The molecule has 0 aliphatic rings. The van der Waals surface area contributed by atoms with Crippen LogP contribution in [0, 0.1) is 0 Å². The van der Waals surface area contributed by atoms with Crippen LogP contribution in [0.15, 0.2) is 53.4 Å². The Morgan fingerprint density at radius 3 is 2.35 bits per heavy atom. The number of hydrogen-bond acceptors (Lipinski definition) is 4. The second-order valence-electron chi connectivity index (χ2n) is 4.31. The van der Waals surface area contributed by atoms with Crippen molar-refractivity contribution in [2.75, 3.05) is 10.5 Å². The lowest BCUT2D eigenvalue weighted by molar-refractivity contribution is 0.101. The van der Waals surface area contributed by atoms with E-state index >= 15 is 0 Å². The fourth-order valence-electron chi connectivity index (χ4n) is 1.66. The molecule has 20 heavy (non-hydrogen) atoms. The molecule has 0 saturated carbocycles. The zero-order valence-electron chi connectivity index (χ0n) is 10.8. The number of ketones is 1. The summed E-state index contributed by atoms with van der Waals surface area (Å²) in [5.74, 6) is -0.126. The first-order valence-electron chi connectivity index (χ1n) is 5.88. The van der Waals surface area contributed by atoms with Gasteiger partial charge in [-0.25, -0.2) is 8.42 Å². The van der Waals surface area contributed by atoms with Gasteiger partial charge in [-0.15, -0.1) is 0 Å². The maximum absolute atomic E-state index is 12.2. The first kappa shape index (κ1) is 14.1. The Hall–Kier alpha value is -2.34. The minimum Gasteiger partial charge on any atom is -0.399 e. The summed E-state index contributed by atoms with van der Waals surface area (Å²) in [5.41, 5.74) is 6.80. The molecule has 0 bridgehead atoms. The smallest absolute Gasteiger partial charge is 0.261 e. The molecule has 3 N–H and O–H groups in total. The average molecular weight is 290 g/mol. The molecule has 0 aliphatic carbocycles. The normalized spacial score (nSPS) is 11.1. The Labute approximate surface area is 117 Å². The summed E-state index contributed by atoms with van der Waals surface area (Å²) in [6, 6.07) is 12.2. The number of sulfonamides is 1. The van der Waals surface area contributed by atoms with Crippen LogP contribution in [-0.4, -0.2) is 14.2 Å². The number of rotatable bonds is 4. The lowest BCUT2D eigenvalue weighted by Crippen LogP contribution is -2.13. The second-order valence-corrected chi connectivity index (χ2v) is 5.99. The number of nitrogens with two attached hydrogens (primary N) is 1. The third kappa shape index (κ3) is 3.16. The molecule has 2 aromatic carbocycles. The van der Waals surface area contributed by atoms with Gasteiger partial charge in [0, 0.05) is 16.9 Å². The van der Waals surface area contributed by atoms with Crippen molar-refractivity contribution in [3.8, 4) is 0 Å². The van der Waals surface area contributed by atoms with E-state index in [1.807, 2.05) is 0 Å². The number of carbonyl (C=O) groups excluding carboxylic acids is 1. The summed E-state index contributed by atoms with van der Waals surface area (Å²) in [7, 11) is -3.69. The summed E-state index contributed by atoms with van der Waals surface area (Å²) in [4.78, 5) is 11.4. The molecule has 0 saturated heterocycles. The molecule has 0 aromatic heterocycles. The first-order chi connectivity index (χ1) is 9.38. The van der Waals surface area contributed by atoms with Gasteiger partial charge in [0.15, 0.2) is 5.78 Å². The van der Waals surface area contributed by atoms with Crippen LogP contribution < -0.4 is 10.5 Å². The molecule has 0 atom stereocenters. The minimum absolute atomic E-state index is 0.111. The maximum atomic E-state index is 12.2. The maximum Gasteiger partial charge on any atom is 0.261 e. The lowest BCUT2D eigenvalue weighted by atomic mass is 10.1. The van der Waals surface area contributed by atoms with Crippen molar-refractivity contribution in [3.63, 3.8) is 0 Å². The standard InChI is InChI=1S/C14H14N2O3S/c1-10(17)11-3-2-4-13(9-11)16-20(18,19)14-7-5-12(15)6-8-14/h2-9,16H,15H2,1H3. The molecule has 2 rings (SSSR count). The predicted molar refractivity (Wildman–Crippen MR) is 78.1 cm³/mol. The highest BCUT2D eigenvalue weighted by atomic mass is 32.2. The van der Waals surface area contributed by atoms with Gasteiger partial charge in [0.2, 0.25) is 0 Å². The number of nitrogens with one attached hydrogen (secondary N) is 1. The predicted octanol–water partition coefficient (Wildman–Crippen LogP) is 2.27. The fourth-order valence-corrected chi connectivity index (χ4v) is 2.71. The molecule has 104 valence electrons. The number of hydrogen-bond donors (Lipinski definition) is 2. The van der Waals surface area contributed by atoms with Crippen molar-refractivity contribution in [1.29, 1.82) is 0 Å². The summed E-state index contributed by atoms with van der Waals surface area (Å²) in [6.45, 7) is 1.42. The Balaban J connectivity index is 2.31. The monoisotopic (exact) mass is 290 g/mol. The van der Waals surface area contributed by atoms with Crippen molar-refractivity contribution in [1.82, 2.24) is 0 Å². The minimum atomic E-state index is -3.69. The van der Waals surface area contributed by atoms with Gasteiger partial charge in [0.1, 0.15) is 0 Å². The molecule has 0 amide bonds. The second kappa shape index (κ2) is 5.34. The lowest BCUT2D eigenvalue weighted by Gasteiger charge is -2.09. The van der Waals surface area contributed by atoms with Crippen LogP contribution in [-0.2, 0) is 10.0 Å². The van der Waals surface area contributed by atoms with Crippen molar-refractivity contribution in [2.45, 2.75) is 11.8 Å². The third-order valence-corrected chi connectivity index (χ3v) is 4.11. The highest BCUT2D eigenvalue weighted by Gasteiger charge is 2.14. The molecule has 2 aromatic rings. The van der Waals surface area contributed by atoms with Gasteiger partial charge in [-0.2, -0.15) is 0 Å². The van der Waals surface area contributed by atoms with Crippen LogP contribution in [0.5, 0.6) is 0 Å². The quantitative estimate of drug-likeness (QED) is 0.667. The molecule has 0 spiro atoms. The van der Waals surface area contributed by atoms with Crippen molar-refractivity contribution >= 4 is 27.2 Å². The molecule has 0 unspecified atom stereocenters. The van der Waals surface area contributed by atoms with E-state index in [9.17, 15) is 13.2 Å². The van der Waals surface area contributed by atoms with E-state index < -0.39 is 10.0 Å². The molecule has 0 fully saturated rings. The van der Waals surface area contributed by atoms with Gasteiger partial charge >= 0.3 is 0 Å². The first-order valence-corrected chi connectivity index (χ1v) is 7.36. The van der Waals surface area contributed by atoms with E-state index in [1.165, 1.54) is 37.3 Å². The van der Waals surface area contributed by atoms with Crippen LogP contribution in [0.4, 0.5) is 11.4 Å². The van der Waals surface area contributed by atoms with E-state index in [1.54, 1.807) is 18.2 Å². The van der Waals surface area contributed by atoms with Crippen LogP contribution in [0.2, 0.25) is 0 Å². The highest BCUT2D eigenvalue weighted by molar-refractivity contribution is 7.92. The summed E-state index contributed by atoms with van der Waals surface area (Å²) < 4.78 is 26.7. The largest absolute Gasteiger partial charge is 0.399 e. The fraction of sp³-hybridized carbons (Fsp3) is 0.0714. The van der Waals surface area contributed by atoms with Gasteiger partial charge in [0.25, 0.3) is 10.0 Å². The van der Waals surface area contributed by atoms with E-state index in [4.69, 9.17) is 5.73 Å². The number of benzene rings is 2. The molecule has 5 nitrogen and oxygen atoms in total. The topological polar surface area (TPSA) is 89.3 Å².